The van der Waals surface area contributed by atoms with Gasteiger partial charge in [0.15, 0.2) is 5.78 Å². The van der Waals surface area contributed by atoms with Crippen LogP contribution in [0.5, 0.6) is 5.75 Å². The first kappa shape index (κ1) is 21.2. The maximum Gasteiger partial charge on any atom is 0.342 e. The molecule has 0 aliphatic carbocycles. The zero-order valence-corrected chi connectivity index (χ0v) is 17.3. The van der Waals surface area contributed by atoms with Gasteiger partial charge in [-0.05, 0) is 45.0 Å². The topological polar surface area (TPSA) is 121 Å². The van der Waals surface area contributed by atoms with E-state index in [0.29, 0.717) is 24.4 Å². The van der Waals surface area contributed by atoms with Gasteiger partial charge in [-0.25, -0.2) is 4.79 Å². The molecule has 3 N–H and O–H groups in total. The smallest absolute Gasteiger partial charge is 0.342 e. The lowest BCUT2D eigenvalue weighted by Gasteiger charge is -2.05. The molecule has 158 valence electrons. The summed E-state index contributed by atoms with van der Waals surface area (Å²) in [6.07, 6.45) is 2.05. The Bertz CT molecular complexity index is 1060. The van der Waals surface area contributed by atoms with Crippen molar-refractivity contribution in [2.24, 2.45) is 0 Å². The number of aryl methyl sites for hydroxylation is 2. The molecule has 0 aliphatic rings. The number of Topliss-reactive ketones (excluding diaryl/α,β-unsaturated/α-hetero) is 1. The number of hydrogen-bond acceptors (Lipinski definition) is 7. The average Bonchev–Trinajstić information content (AvgIpc) is 3.26. The van der Waals surface area contributed by atoms with Gasteiger partial charge in [0.05, 0.1) is 12.2 Å². The van der Waals surface area contributed by atoms with Crippen molar-refractivity contribution in [3.63, 3.8) is 0 Å². The number of hydrogen-bond donors (Lipinski definition) is 2. The zero-order chi connectivity index (χ0) is 21.8. The molecule has 2 heterocycles. The largest absolute Gasteiger partial charge is 0.508 e. The van der Waals surface area contributed by atoms with E-state index in [9.17, 15) is 14.7 Å². The van der Waals surface area contributed by atoms with E-state index in [1.54, 1.807) is 42.0 Å². The summed E-state index contributed by atoms with van der Waals surface area (Å²) in [6.45, 7) is 6.17. The van der Waals surface area contributed by atoms with Crippen molar-refractivity contribution in [2.75, 3.05) is 12.3 Å². The van der Waals surface area contributed by atoms with Crippen molar-refractivity contribution >= 4 is 17.6 Å². The molecule has 0 saturated carbocycles. The zero-order valence-electron chi connectivity index (χ0n) is 17.3. The van der Waals surface area contributed by atoms with Gasteiger partial charge in [-0.15, -0.1) is 0 Å². The molecule has 2 aromatic heterocycles. The third-order valence-corrected chi connectivity index (χ3v) is 4.98. The summed E-state index contributed by atoms with van der Waals surface area (Å²) in [4.78, 5) is 25.2. The number of ketones is 1. The molecule has 3 rings (SSSR count). The highest BCUT2D eigenvalue weighted by molar-refractivity contribution is 6.09. The summed E-state index contributed by atoms with van der Waals surface area (Å²) in [7, 11) is 0. The van der Waals surface area contributed by atoms with Crippen molar-refractivity contribution in [3.8, 4) is 17.0 Å². The molecule has 1 aromatic carbocycles. The molecule has 0 bridgehead atoms. The number of nitrogens with two attached hydrogens (primary N) is 1. The molecule has 8 nitrogen and oxygen atoms in total. The number of nitrogen functional groups attached to an aromatic ring is 1. The van der Waals surface area contributed by atoms with E-state index in [4.69, 9.17) is 15.0 Å². The number of aromatic nitrogens is 2. The van der Waals surface area contributed by atoms with E-state index in [0.717, 1.165) is 11.1 Å². The van der Waals surface area contributed by atoms with Crippen LogP contribution >= 0.6 is 0 Å². The average molecular weight is 411 g/mol. The Morgan fingerprint density at radius 1 is 1.23 bits per heavy atom. The number of ether oxygens (including phenoxy) is 1. The first-order valence-electron chi connectivity index (χ1n) is 9.80. The lowest BCUT2D eigenvalue weighted by atomic mass is 10.0. The molecule has 0 unspecified atom stereocenters. The normalized spacial score (nSPS) is 10.9. The number of phenolic OH excluding ortho intramolecular Hbond substituents is 1. The summed E-state index contributed by atoms with van der Waals surface area (Å²) < 4.78 is 12.2. The Kier molecular flexibility index (Phi) is 6.25. The number of carbonyl (C=O) groups is 2. The van der Waals surface area contributed by atoms with Crippen LogP contribution in [0.2, 0.25) is 0 Å². The molecule has 0 fully saturated rings. The second-order valence-corrected chi connectivity index (χ2v) is 6.86. The van der Waals surface area contributed by atoms with Crippen LogP contribution in [-0.4, -0.2) is 33.2 Å². The van der Waals surface area contributed by atoms with Crippen LogP contribution in [0.3, 0.4) is 0 Å². The summed E-state index contributed by atoms with van der Waals surface area (Å²) in [5, 5.41) is 13.5. The van der Waals surface area contributed by atoms with Crippen LogP contribution in [0.4, 0.5) is 5.82 Å². The maximum atomic E-state index is 12.9. The van der Waals surface area contributed by atoms with Gasteiger partial charge in [0.1, 0.15) is 28.6 Å². The minimum Gasteiger partial charge on any atom is -0.508 e. The summed E-state index contributed by atoms with van der Waals surface area (Å²) in [5.41, 5.74) is 8.72. The number of phenols is 1. The Labute approximate surface area is 174 Å². The summed E-state index contributed by atoms with van der Waals surface area (Å²) in [5.74, 6) is 0.160. The van der Waals surface area contributed by atoms with Gasteiger partial charge in [0.25, 0.3) is 0 Å². The lowest BCUT2D eigenvalue weighted by molar-refractivity contribution is 0.0524. The van der Waals surface area contributed by atoms with Gasteiger partial charge in [-0.2, -0.15) is 0 Å². The molecule has 8 heteroatoms. The van der Waals surface area contributed by atoms with E-state index in [2.05, 4.69) is 5.16 Å². The fourth-order valence-corrected chi connectivity index (χ4v) is 3.32. The Morgan fingerprint density at radius 2 is 1.93 bits per heavy atom. The third kappa shape index (κ3) is 4.07. The fraction of sp³-hybridized carbons (Fsp3) is 0.318. The highest BCUT2D eigenvalue weighted by Gasteiger charge is 2.26. The molecule has 0 radical (unpaired) electrons. The predicted molar refractivity (Wildman–Crippen MR) is 111 cm³/mol. The maximum absolute atomic E-state index is 12.9. The second-order valence-electron chi connectivity index (χ2n) is 6.86. The van der Waals surface area contributed by atoms with E-state index >= 15 is 0 Å². The minimum absolute atomic E-state index is 0.114. The number of carbonyl (C=O) groups excluding carboxylic acids is 2. The number of anilines is 1. The second kappa shape index (κ2) is 8.86. The highest BCUT2D eigenvalue weighted by atomic mass is 16.5. The van der Waals surface area contributed by atoms with Crippen LogP contribution in [0.25, 0.3) is 11.3 Å². The van der Waals surface area contributed by atoms with E-state index in [1.165, 1.54) is 0 Å². The van der Waals surface area contributed by atoms with Gasteiger partial charge in [-0.3, -0.25) is 4.79 Å². The van der Waals surface area contributed by atoms with Crippen LogP contribution in [0.15, 0.2) is 35.0 Å². The molecule has 0 atom stereocenters. The van der Waals surface area contributed by atoms with Gasteiger partial charge in [0, 0.05) is 36.7 Å². The van der Waals surface area contributed by atoms with Crippen molar-refractivity contribution in [1.29, 1.82) is 0 Å². The molecule has 0 aliphatic heterocycles. The van der Waals surface area contributed by atoms with E-state index < -0.39 is 5.97 Å². The molecule has 0 spiro atoms. The van der Waals surface area contributed by atoms with Crippen molar-refractivity contribution in [3.05, 3.63) is 52.9 Å². The van der Waals surface area contributed by atoms with E-state index in [1.807, 2.05) is 13.8 Å². The van der Waals surface area contributed by atoms with E-state index in [-0.39, 0.29) is 41.5 Å². The van der Waals surface area contributed by atoms with Gasteiger partial charge in [-0.1, -0.05) is 5.16 Å². The van der Waals surface area contributed by atoms with Crippen molar-refractivity contribution in [1.82, 2.24) is 9.72 Å². The number of esters is 1. The molecule has 3 aromatic rings. The Hall–Kier alpha value is -3.55. The van der Waals surface area contributed by atoms with Gasteiger partial charge in [0.2, 0.25) is 0 Å². The first-order chi connectivity index (χ1) is 14.4. The number of rotatable bonds is 8. The molecule has 0 amide bonds. The lowest BCUT2D eigenvalue weighted by Crippen LogP contribution is -2.12. The minimum atomic E-state index is -0.601. The number of nitrogens with zero attached hydrogens (tertiary/aromatic N) is 2. The predicted octanol–water partition coefficient (Wildman–Crippen LogP) is 3.75. The Balaban J connectivity index is 1.80. The molecule has 30 heavy (non-hydrogen) atoms. The van der Waals surface area contributed by atoms with Crippen molar-refractivity contribution in [2.45, 2.75) is 40.2 Å². The van der Waals surface area contributed by atoms with Crippen molar-refractivity contribution < 1.29 is 24.0 Å². The number of benzene rings is 1. The van der Waals surface area contributed by atoms with Crippen LogP contribution in [0.1, 0.15) is 52.3 Å². The Morgan fingerprint density at radius 3 is 2.57 bits per heavy atom. The quantitative estimate of drug-likeness (QED) is 0.428. The SMILES string of the molecule is CCOC(=O)c1c(C(=O)CCc2onc(-c3ccc(O)cc3)c2C)cn(CC)c1N. The standard InChI is InChI=1S/C22H25N3O5/c1-4-25-12-16(19(21(25)23)22(28)29-5-2)17(27)10-11-18-13(3)20(24-30-18)14-6-8-15(26)9-7-14/h6-9,12,26H,4-5,10-11,23H2,1-3H3. The van der Waals surface area contributed by atoms with Gasteiger partial charge >= 0.3 is 5.97 Å². The van der Waals surface area contributed by atoms with Crippen LogP contribution in [0, 0.1) is 6.92 Å². The molecule has 0 saturated heterocycles. The number of aromatic hydroxyl groups is 1. The first-order valence-corrected chi connectivity index (χ1v) is 9.80. The fourth-order valence-electron chi connectivity index (χ4n) is 3.32. The highest BCUT2D eigenvalue weighted by Crippen LogP contribution is 2.28. The monoisotopic (exact) mass is 411 g/mol. The van der Waals surface area contributed by atoms with Gasteiger partial charge < -0.3 is 24.7 Å². The van der Waals surface area contributed by atoms with Crippen LogP contribution < -0.4 is 5.73 Å². The summed E-state index contributed by atoms with van der Waals surface area (Å²) in [6, 6.07) is 6.65. The molecular formula is C22H25N3O5. The van der Waals surface area contributed by atoms with Crippen LogP contribution in [-0.2, 0) is 17.7 Å². The molecular weight excluding hydrogens is 386 g/mol. The summed E-state index contributed by atoms with van der Waals surface area (Å²) >= 11 is 0. The third-order valence-electron chi connectivity index (χ3n) is 4.98.